The van der Waals surface area contributed by atoms with Gasteiger partial charge in [0.2, 0.25) is 0 Å². The van der Waals surface area contributed by atoms with Crippen molar-refractivity contribution in [3.05, 3.63) is 27.6 Å². The first kappa shape index (κ1) is 12.5. The summed E-state index contributed by atoms with van der Waals surface area (Å²) >= 11 is 2.27. The van der Waals surface area contributed by atoms with Crippen LogP contribution >= 0.6 is 22.6 Å². The van der Waals surface area contributed by atoms with E-state index in [4.69, 9.17) is 5.11 Å². The molecule has 0 amide bonds. The zero-order valence-electron chi connectivity index (χ0n) is 9.57. The summed E-state index contributed by atoms with van der Waals surface area (Å²) in [6.45, 7) is 2.63. The molecule has 90 valence electrons. The van der Waals surface area contributed by atoms with Crippen molar-refractivity contribution in [3.8, 4) is 0 Å². The number of aromatic nitrogens is 2. The van der Waals surface area contributed by atoms with E-state index in [0.717, 1.165) is 32.5 Å². The normalized spacial score (nSPS) is 10.8. The quantitative estimate of drug-likeness (QED) is 0.836. The lowest BCUT2D eigenvalue weighted by Gasteiger charge is -2.09. The molecule has 4 nitrogen and oxygen atoms in total. The third-order valence-corrected chi connectivity index (χ3v) is 3.10. The summed E-state index contributed by atoms with van der Waals surface area (Å²) in [7, 11) is 0. The second-order valence-corrected chi connectivity index (χ2v) is 4.90. The number of nitrogens with zero attached hydrogens (tertiary/aromatic N) is 2. The molecule has 5 heteroatoms. The van der Waals surface area contributed by atoms with Gasteiger partial charge in [-0.2, -0.15) is 0 Å². The maximum Gasteiger partial charge on any atom is 0.137 e. The molecule has 0 saturated carbocycles. The van der Waals surface area contributed by atoms with Crippen LogP contribution in [0.25, 0.3) is 10.9 Å². The Morgan fingerprint density at radius 3 is 2.88 bits per heavy atom. The Balaban J connectivity index is 2.55. The molecule has 1 aromatic carbocycles. The summed E-state index contributed by atoms with van der Waals surface area (Å²) in [6, 6.07) is 6.09. The Bertz CT molecular complexity index is 530. The highest BCUT2D eigenvalue weighted by atomic mass is 127. The summed E-state index contributed by atoms with van der Waals surface area (Å²) in [5.74, 6) is 1.62. The van der Waals surface area contributed by atoms with E-state index in [-0.39, 0.29) is 6.61 Å². The van der Waals surface area contributed by atoms with E-state index in [2.05, 4.69) is 43.9 Å². The first-order chi connectivity index (χ1) is 8.24. The Labute approximate surface area is 114 Å². The minimum absolute atomic E-state index is 0.0941. The molecule has 0 saturated heterocycles. The highest BCUT2D eigenvalue weighted by Gasteiger charge is 2.06. The van der Waals surface area contributed by atoms with Gasteiger partial charge in [0.15, 0.2) is 0 Å². The summed E-state index contributed by atoms with van der Waals surface area (Å²) < 4.78 is 1.15. The van der Waals surface area contributed by atoms with Gasteiger partial charge in [-0.1, -0.05) is 6.92 Å². The van der Waals surface area contributed by atoms with Gasteiger partial charge in [-0.05, 0) is 40.8 Å². The van der Waals surface area contributed by atoms with E-state index in [0.29, 0.717) is 6.54 Å². The van der Waals surface area contributed by atoms with E-state index in [1.807, 2.05) is 19.1 Å². The molecule has 0 fully saturated rings. The summed E-state index contributed by atoms with van der Waals surface area (Å²) in [5.41, 5.74) is 0.942. The second kappa shape index (κ2) is 5.59. The van der Waals surface area contributed by atoms with Gasteiger partial charge in [-0.15, -0.1) is 0 Å². The third-order valence-electron chi connectivity index (χ3n) is 2.42. The monoisotopic (exact) mass is 343 g/mol. The largest absolute Gasteiger partial charge is 0.395 e. The molecule has 0 radical (unpaired) electrons. The molecule has 0 atom stereocenters. The molecule has 1 aromatic heterocycles. The van der Waals surface area contributed by atoms with Crippen LogP contribution in [0.2, 0.25) is 0 Å². The van der Waals surface area contributed by atoms with Gasteiger partial charge in [-0.3, -0.25) is 0 Å². The van der Waals surface area contributed by atoms with Crippen LogP contribution in [-0.2, 0) is 6.42 Å². The molecule has 0 bridgehead atoms. The Kier molecular flexibility index (Phi) is 4.11. The van der Waals surface area contributed by atoms with Crippen molar-refractivity contribution in [2.75, 3.05) is 18.5 Å². The summed E-state index contributed by atoms with van der Waals surface area (Å²) in [4.78, 5) is 8.95. The predicted octanol–water partition coefficient (Wildman–Crippen LogP) is 2.20. The second-order valence-electron chi connectivity index (χ2n) is 3.65. The first-order valence-electron chi connectivity index (χ1n) is 5.55. The van der Waals surface area contributed by atoms with Crippen molar-refractivity contribution in [1.82, 2.24) is 9.97 Å². The van der Waals surface area contributed by atoms with Crippen molar-refractivity contribution in [3.63, 3.8) is 0 Å². The Morgan fingerprint density at radius 2 is 2.18 bits per heavy atom. The Morgan fingerprint density at radius 1 is 1.35 bits per heavy atom. The fourth-order valence-corrected chi connectivity index (χ4v) is 2.11. The SMILES string of the molecule is CCc1nc(NCCO)c2cc(I)ccc2n1. The van der Waals surface area contributed by atoms with E-state index in [1.165, 1.54) is 0 Å². The van der Waals surface area contributed by atoms with Crippen LogP contribution in [0.15, 0.2) is 18.2 Å². The predicted molar refractivity (Wildman–Crippen MR) is 77.2 cm³/mol. The topological polar surface area (TPSA) is 58.0 Å². The van der Waals surface area contributed by atoms with E-state index in [1.54, 1.807) is 0 Å². The molecule has 0 aliphatic carbocycles. The van der Waals surface area contributed by atoms with Crippen LogP contribution in [0.3, 0.4) is 0 Å². The van der Waals surface area contributed by atoms with Crippen LogP contribution < -0.4 is 5.32 Å². The number of aliphatic hydroxyl groups excluding tert-OH is 1. The minimum Gasteiger partial charge on any atom is -0.395 e. The van der Waals surface area contributed by atoms with Crippen LogP contribution in [0.4, 0.5) is 5.82 Å². The molecular weight excluding hydrogens is 329 g/mol. The van der Waals surface area contributed by atoms with E-state index in [9.17, 15) is 0 Å². The van der Waals surface area contributed by atoms with Gasteiger partial charge in [0.25, 0.3) is 0 Å². The van der Waals surface area contributed by atoms with Gasteiger partial charge in [0, 0.05) is 21.9 Å². The molecule has 2 N–H and O–H groups in total. The van der Waals surface area contributed by atoms with E-state index < -0.39 is 0 Å². The van der Waals surface area contributed by atoms with Crippen molar-refractivity contribution < 1.29 is 5.11 Å². The molecule has 0 aliphatic heterocycles. The molecular formula is C12H14IN3O. The number of halogens is 1. The number of nitrogens with one attached hydrogen (secondary N) is 1. The first-order valence-corrected chi connectivity index (χ1v) is 6.63. The maximum absolute atomic E-state index is 8.87. The van der Waals surface area contributed by atoms with Gasteiger partial charge in [0.1, 0.15) is 11.6 Å². The molecule has 1 heterocycles. The fourth-order valence-electron chi connectivity index (χ4n) is 1.62. The number of anilines is 1. The highest BCUT2D eigenvalue weighted by molar-refractivity contribution is 14.1. The van der Waals surface area contributed by atoms with Crippen LogP contribution in [0, 0.1) is 3.57 Å². The lowest BCUT2D eigenvalue weighted by Crippen LogP contribution is -2.09. The number of rotatable bonds is 4. The van der Waals surface area contributed by atoms with E-state index >= 15 is 0 Å². The van der Waals surface area contributed by atoms with Crippen molar-refractivity contribution >= 4 is 39.3 Å². The van der Waals surface area contributed by atoms with Crippen LogP contribution in [0.1, 0.15) is 12.7 Å². The maximum atomic E-state index is 8.87. The Hall–Kier alpha value is -0.950. The van der Waals surface area contributed by atoms with Gasteiger partial charge in [0.05, 0.1) is 12.1 Å². The number of hydrogen-bond donors (Lipinski definition) is 2. The average molecular weight is 343 g/mol. The molecule has 2 rings (SSSR count). The zero-order chi connectivity index (χ0) is 12.3. The van der Waals surface area contributed by atoms with Gasteiger partial charge >= 0.3 is 0 Å². The lowest BCUT2D eigenvalue weighted by molar-refractivity contribution is 0.311. The highest BCUT2D eigenvalue weighted by Crippen LogP contribution is 2.22. The number of fused-ring (bicyclic) bond motifs is 1. The van der Waals surface area contributed by atoms with Crippen molar-refractivity contribution in [1.29, 1.82) is 0 Å². The number of benzene rings is 1. The molecule has 0 unspecified atom stereocenters. The number of aryl methyl sites for hydroxylation is 1. The molecule has 0 aliphatic rings. The smallest absolute Gasteiger partial charge is 0.137 e. The molecule has 17 heavy (non-hydrogen) atoms. The van der Waals surface area contributed by atoms with Crippen molar-refractivity contribution in [2.24, 2.45) is 0 Å². The molecule has 0 spiro atoms. The lowest BCUT2D eigenvalue weighted by atomic mass is 10.2. The molecule has 2 aromatic rings. The zero-order valence-corrected chi connectivity index (χ0v) is 11.7. The van der Waals surface area contributed by atoms with Crippen LogP contribution in [-0.4, -0.2) is 28.2 Å². The average Bonchev–Trinajstić information content (AvgIpc) is 2.35. The number of hydrogen-bond acceptors (Lipinski definition) is 4. The van der Waals surface area contributed by atoms with Crippen molar-refractivity contribution in [2.45, 2.75) is 13.3 Å². The summed E-state index contributed by atoms with van der Waals surface area (Å²) in [6.07, 6.45) is 0.801. The van der Waals surface area contributed by atoms with Crippen LogP contribution in [0.5, 0.6) is 0 Å². The van der Waals surface area contributed by atoms with Gasteiger partial charge in [-0.25, -0.2) is 9.97 Å². The standard InChI is InChI=1S/C12H14IN3O/c1-2-11-15-10-4-3-8(13)7-9(10)12(16-11)14-5-6-17/h3-4,7,17H,2,5-6H2,1H3,(H,14,15,16). The third kappa shape index (κ3) is 2.84. The summed E-state index contributed by atoms with van der Waals surface area (Å²) in [5, 5.41) is 13.0. The minimum atomic E-state index is 0.0941. The fraction of sp³-hybridized carbons (Fsp3) is 0.333. The van der Waals surface area contributed by atoms with Gasteiger partial charge < -0.3 is 10.4 Å². The number of aliphatic hydroxyl groups is 1.